The van der Waals surface area contributed by atoms with Crippen molar-refractivity contribution in [1.82, 2.24) is 14.5 Å². The van der Waals surface area contributed by atoms with Crippen LogP contribution in [-0.4, -0.2) is 21.1 Å². The van der Waals surface area contributed by atoms with Crippen molar-refractivity contribution in [2.45, 2.75) is 26.2 Å². The van der Waals surface area contributed by atoms with Crippen molar-refractivity contribution in [2.75, 3.05) is 11.9 Å². The van der Waals surface area contributed by atoms with Crippen LogP contribution in [0.25, 0.3) is 16.7 Å². The molecule has 0 fully saturated rings. The van der Waals surface area contributed by atoms with Crippen LogP contribution in [0, 0.1) is 0 Å². The van der Waals surface area contributed by atoms with Gasteiger partial charge in [-0.3, -0.25) is 0 Å². The van der Waals surface area contributed by atoms with Crippen molar-refractivity contribution in [2.24, 2.45) is 0 Å². The number of hydrogen-bond acceptors (Lipinski definition) is 3. The summed E-state index contributed by atoms with van der Waals surface area (Å²) in [5.41, 5.74) is 2.05. The Bertz CT molecular complexity index is 703. The van der Waals surface area contributed by atoms with Gasteiger partial charge in [-0.15, -0.1) is 0 Å². The monoisotopic (exact) mass is 280 g/mol. The number of rotatable bonds is 6. The SMILES string of the molecule is CCCCCNc1ncnc2c1ccn2-c1ccccc1. The molecule has 4 heteroatoms. The first kappa shape index (κ1) is 13.6. The van der Waals surface area contributed by atoms with Crippen molar-refractivity contribution in [3.05, 3.63) is 48.9 Å². The first-order valence-corrected chi connectivity index (χ1v) is 7.51. The van der Waals surface area contributed by atoms with E-state index in [0.29, 0.717) is 0 Å². The van der Waals surface area contributed by atoms with Crippen LogP contribution in [0.5, 0.6) is 0 Å². The molecule has 0 bridgehead atoms. The van der Waals surface area contributed by atoms with Crippen LogP contribution in [0.2, 0.25) is 0 Å². The number of aromatic nitrogens is 3. The van der Waals surface area contributed by atoms with Gasteiger partial charge in [-0.05, 0) is 24.6 Å². The van der Waals surface area contributed by atoms with Gasteiger partial charge in [-0.1, -0.05) is 38.0 Å². The van der Waals surface area contributed by atoms with Gasteiger partial charge in [-0.25, -0.2) is 9.97 Å². The lowest BCUT2D eigenvalue weighted by Crippen LogP contribution is -2.04. The topological polar surface area (TPSA) is 42.7 Å². The van der Waals surface area contributed by atoms with Crippen molar-refractivity contribution in [1.29, 1.82) is 0 Å². The molecule has 3 rings (SSSR count). The Hall–Kier alpha value is -2.36. The van der Waals surface area contributed by atoms with Crippen LogP contribution >= 0.6 is 0 Å². The zero-order valence-electron chi connectivity index (χ0n) is 12.3. The molecule has 21 heavy (non-hydrogen) atoms. The van der Waals surface area contributed by atoms with Gasteiger partial charge in [0.25, 0.3) is 0 Å². The highest BCUT2D eigenvalue weighted by molar-refractivity contribution is 5.88. The molecule has 0 unspecified atom stereocenters. The number of anilines is 1. The van der Waals surface area contributed by atoms with Gasteiger partial charge >= 0.3 is 0 Å². The minimum absolute atomic E-state index is 0.922. The molecule has 108 valence electrons. The summed E-state index contributed by atoms with van der Waals surface area (Å²) in [5, 5.41) is 4.49. The van der Waals surface area contributed by atoms with E-state index < -0.39 is 0 Å². The van der Waals surface area contributed by atoms with E-state index >= 15 is 0 Å². The van der Waals surface area contributed by atoms with Crippen molar-refractivity contribution in [3.8, 4) is 5.69 Å². The summed E-state index contributed by atoms with van der Waals surface area (Å²) in [6.45, 7) is 3.17. The third-order valence-corrected chi connectivity index (χ3v) is 3.59. The minimum atomic E-state index is 0.922. The van der Waals surface area contributed by atoms with E-state index in [9.17, 15) is 0 Å². The number of hydrogen-bond donors (Lipinski definition) is 1. The molecular weight excluding hydrogens is 260 g/mol. The van der Waals surface area contributed by atoms with Gasteiger partial charge < -0.3 is 9.88 Å². The summed E-state index contributed by atoms with van der Waals surface area (Å²) < 4.78 is 2.09. The van der Waals surface area contributed by atoms with Crippen LogP contribution in [0.15, 0.2) is 48.9 Å². The number of nitrogens with zero attached hydrogens (tertiary/aromatic N) is 3. The molecule has 0 aliphatic carbocycles. The van der Waals surface area contributed by atoms with Gasteiger partial charge in [0, 0.05) is 18.4 Å². The lowest BCUT2D eigenvalue weighted by Gasteiger charge is -2.07. The number of benzene rings is 1. The molecule has 0 amide bonds. The average molecular weight is 280 g/mol. The molecule has 4 nitrogen and oxygen atoms in total. The third kappa shape index (κ3) is 2.89. The molecule has 0 aliphatic rings. The minimum Gasteiger partial charge on any atom is -0.369 e. The lowest BCUT2D eigenvalue weighted by molar-refractivity contribution is 0.742. The molecule has 2 aromatic heterocycles. The van der Waals surface area contributed by atoms with Crippen LogP contribution in [0.3, 0.4) is 0 Å². The Balaban J connectivity index is 1.89. The zero-order chi connectivity index (χ0) is 14.5. The van der Waals surface area contributed by atoms with E-state index in [4.69, 9.17) is 0 Å². The van der Waals surface area contributed by atoms with E-state index in [1.54, 1.807) is 6.33 Å². The Morgan fingerprint density at radius 2 is 1.90 bits per heavy atom. The second-order valence-corrected chi connectivity index (χ2v) is 5.11. The third-order valence-electron chi connectivity index (χ3n) is 3.59. The summed E-state index contributed by atoms with van der Waals surface area (Å²) in [6, 6.07) is 12.3. The van der Waals surface area contributed by atoms with Crippen LogP contribution in [0.1, 0.15) is 26.2 Å². The predicted molar refractivity (Wildman–Crippen MR) is 86.9 cm³/mol. The standard InChI is InChI=1S/C17H20N4/c1-2-3-7-11-18-16-15-10-12-21(17(15)20-13-19-16)14-8-5-4-6-9-14/h4-6,8-10,12-13H,2-3,7,11H2,1H3,(H,18,19,20). The molecule has 0 aliphatic heterocycles. The second-order valence-electron chi connectivity index (χ2n) is 5.11. The number of unbranched alkanes of at least 4 members (excludes halogenated alkanes) is 2. The van der Waals surface area contributed by atoms with E-state index in [2.05, 4.69) is 45.0 Å². The molecule has 0 saturated carbocycles. The van der Waals surface area contributed by atoms with Crippen LogP contribution in [0.4, 0.5) is 5.82 Å². The highest BCUT2D eigenvalue weighted by Gasteiger charge is 2.08. The summed E-state index contributed by atoms with van der Waals surface area (Å²) in [6.07, 6.45) is 7.31. The molecule has 0 saturated heterocycles. The van der Waals surface area contributed by atoms with E-state index in [1.807, 2.05) is 24.4 Å². The van der Waals surface area contributed by atoms with Gasteiger partial charge in [0.1, 0.15) is 17.8 Å². The van der Waals surface area contributed by atoms with Crippen molar-refractivity contribution < 1.29 is 0 Å². The zero-order valence-corrected chi connectivity index (χ0v) is 12.3. The lowest BCUT2D eigenvalue weighted by atomic mass is 10.2. The highest BCUT2D eigenvalue weighted by Crippen LogP contribution is 2.23. The molecule has 2 heterocycles. The maximum atomic E-state index is 4.43. The quantitative estimate of drug-likeness (QED) is 0.693. The highest BCUT2D eigenvalue weighted by atomic mass is 15.1. The number of fused-ring (bicyclic) bond motifs is 1. The Kier molecular flexibility index (Phi) is 4.15. The van der Waals surface area contributed by atoms with Gasteiger partial charge in [-0.2, -0.15) is 0 Å². The number of para-hydroxylation sites is 1. The largest absolute Gasteiger partial charge is 0.369 e. The fourth-order valence-corrected chi connectivity index (χ4v) is 2.47. The van der Waals surface area contributed by atoms with Gasteiger partial charge in [0.15, 0.2) is 0 Å². The molecule has 0 atom stereocenters. The fraction of sp³-hybridized carbons (Fsp3) is 0.294. The fourth-order valence-electron chi connectivity index (χ4n) is 2.47. The molecular formula is C17H20N4. The normalized spacial score (nSPS) is 10.9. The van der Waals surface area contributed by atoms with Gasteiger partial charge in [0.05, 0.1) is 5.39 Å². The summed E-state index contributed by atoms with van der Waals surface area (Å²) >= 11 is 0. The first-order chi connectivity index (χ1) is 10.4. The smallest absolute Gasteiger partial charge is 0.150 e. The van der Waals surface area contributed by atoms with Crippen LogP contribution < -0.4 is 5.32 Å². The predicted octanol–water partition coefficient (Wildman–Crippen LogP) is 4.02. The van der Waals surface area contributed by atoms with E-state index in [1.165, 1.54) is 19.3 Å². The average Bonchev–Trinajstić information content (AvgIpc) is 2.97. The Labute approximate surface area is 124 Å². The summed E-state index contributed by atoms with van der Waals surface area (Å²) in [4.78, 5) is 8.81. The first-order valence-electron chi connectivity index (χ1n) is 7.51. The van der Waals surface area contributed by atoms with Crippen LogP contribution in [-0.2, 0) is 0 Å². The second kappa shape index (κ2) is 6.39. The van der Waals surface area contributed by atoms with Gasteiger partial charge in [0.2, 0.25) is 0 Å². The van der Waals surface area contributed by atoms with E-state index in [0.717, 1.165) is 29.1 Å². The molecule has 3 aromatic rings. The maximum Gasteiger partial charge on any atom is 0.150 e. The summed E-state index contributed by atoms with van der Waals surface area (Å²) in [7, 11) is 0. The molecule has 0 radical (unpaired) electrons. The van der Waals surface area contributed by atoms with Crippen molar-refractivity contribution >= 4 is 16.9 Å². The number of nitrogens with one attached hydrogen (secondary N) is 1. The Morgan fingerprint density at radius 1 is 1.05 bits per heavy atom. The Morgan fingerprint density at radius 3 is 2.71 bits per heavy atom. The maximum absolute atomic E-state index is 4.43. The molecule has 0 spiro atoms. The molecule has 1 aromatic carbocycles. The summed E-state index contributed by atoms with van der Waals surface area (Å²) in [5.74, 6) is 0.922. The van der Waals surface area contributed by atoms with Crippen molar-refractivity contribution in [3.63, 3.8) is 0 Å². The molecule has 1 N–H and O–H groups in total. The van der Waals surface area contributed by atoms with E-state index in [-0.39, 0.29) is 0 Å².